The lowest BCUT2D eigenvalue weighted by Crippen LogP contribution is -2.45. The lowest BCUT2D eigenvalue weighted by atomic mass is 9.88. The van der Waals surface area contributed by atoms with Gasteiger partial charge in [-0.2, -0.15) is 0 Å². The normalized spacial score (nSPS) is 21.7. The minimum Gasteiger partial charge on any atom is -0.497 e. The number of nitrogens with zero attached hydrogens (tertiary/aromatic N) is 1. The van der Waals surface area contributed by atoms with Crippen molar-refractivity contribution in [2.24, 2.45) is 5.73 Å². The zero-order valence-electron chi connectivity index (χ0n) is 15.0. The molecular formula is C21H28N2O. The van der Waals surface area contributed by atoms with Crippen molar-refractivity contribution in [3.8, 4) is 5.75 Å². The molecule has 1 fully saturated rings. The van der Waals surface area contributed by atoms with E-state index in [9.17, 15) is 0 Å². The molecule has 1 saturated heterocycles. The van der Waals surface area contributed by atoms with Gasteiger partial charge in [-0.3, -0.25) is 4.90 Å². The van der Waals surface area contributed by atoms with E-state index in [-0.39, 0.29) is 6.04 Å². The average Bonchev–Trinajstić information content (AvgIpc) is 2.57. The Morgan fingerprint density at radius 3 is 2.71 bits per heavy atom. The van der Waals surface area contributed by atoms with Crippen LogP contribution in [-0.2, 0) is 6.54 Å². The minimum atomic E-state index is 0.223. The Balaban J connectivity index is 1.75. The lowest BCUT2D eigenvalue weighted by molar-refractivity contribution is 0.181. The molecule has 0 bridgehead atoms. The van der Waals surface area contributed by atoms with Gasteiger partial charge < -0.3 is 10.5 Å². The summed E-state index contributed by atoms with van der Waals surface area (Å²) in [6.07, 6.45) is 1.04. The lowest BCUT2D eigenvalue weighted by Gasteiger charge is -2.37. The van der Waals surface area contributed by atoms with Crippen molar-refractivity contribution in [2.45, 2.75) is 38.8 Å². The molecule has 3 heteroatoms. The Kier molecular flexibility index (Phi) is 5.22. The van der Waals surface area contributed by atoms with E-state index in [2.05, 4.69) is 55.1 Å². The molecule has 1 aliphatic rings. The van der Waals surface area contributed by atoms with Gasteiger partial charge in [0, 0.05) is 25.7 Å². The van der Waals surface area contributed by atoms with E-state index in [1.165, 1.54) is 22.3 Å². The number of hydrogen-bond donors (Lipinski definition) is 1. The molecule has 2 unspecified atom stereocenters. The van der Waals surface area contributed by atoms with Crippen LogP contribution in [0.3, 0.4) is 0 Å². The molecule has 3 rings (SSSR count). The van der Waals surface area contributed by atoms with Crippen molar-refractivity contribution < 1.29 is 4.74 Å². The molecule has 0 radical (unpaired) electrons. The maximum atomic E-state index is 6.37. The fourth-order valence-corrected chi connectivity index (χ4v) is 3.76. The second kappa shape index (κ2) is 7.37. The molecule has 3 nitrogen and oxygen atoms in total. The standard InChI is InChI=1S/C21H28N2O/c1-15-7-8-18(16(2)9-15)12-23-13-19(10-20(22)14-23)17-5-4-6-21(11-17)24-3/h4-9,11,19-20H,10,12-14,22H2,1-3H3. The SMILES string of the molecule is COc1cccc(C2CC(N)CN(Cc3ccc(C)cc3C)C2)c1. The van der Waals surface area contributed by atoms with Crippen LogP contribution in [0.5, 0.6) is 5.75 Å². The van der Waals surface area contributed by atoms with Crippen molar-refractivity contribution in [2.75, 3.05) is 20.2 Å². The van der Waals surface area contributed by atoms with Crippen LogP contribution in [-0.4, -0.2) is 31.1 Å². The van der Waals surface area contributed by atoms with E-state index in [1.54, 1.807) is 7.11 Å². The summed E-state index contributed by atoms with van der Waals surface area (Å²) in [4.78, 5) is 2.50. The molecule has 0 saturated carbocycles. The Morgan fingerprint density at radius 1 is 1.12 bits per heavy atom. The monoisotopic (exact) mass is 324 g/mol. The molecule has 24 heavy (non-hydrogen) atoms. The Labute approximate surface area is 145 Å². The largest absolute Gasteiger partial charge is 0.497 e. The number of methoxy groups -OCH3 is 1. The van der Waals surface area contributed by atoms with Crippen molar-refractivity contribution in [3.05, 3.63) is 64.7 Å². The van der Waals surface area contributed by atoms with Crippen LogP contribution in [0, 0.1) is 13.8 Å². The van der Waals surface area contributed by atoms with Gasteiger partial charge in [-0.15, -0.1) is 0 Å². The van der Waals surface area contributed by atoms with Gasteiger partial charge in [-0.1, -0.05) is 35.9 Å². The van der Waals surface area contributed by atoms with Crippen molar-refractivity contribution in [3.63, 3.8) is 0 Å². The molecule has 2 atom stereocenters. The molecule has 0 aliphatic carbocycles. The molecule has 128 valence electrons. The third-order valence-electron chi connectivity index (χ3n) is 5.02. The van der Waals surface area contributed by atoms with Crippen LogP contribution in [0.2, 0.25) is 0 Å². The molecule has 0 aromatic heterocycles. The highest BCUT2D eigenvalue weighted by Gasteiger charge is 2.26. The number of benzene rings is 2. The van der Waals surface area contributed by atoms with Gasteiger partial charge in [0.25, 0.3) is 0 Å². The third kappa shape index (κ3) is 3.97. The van der Waals surface area contributed by atoms with Gasteiger partial charge in [0.15, 0.2) is 0 Å². The van der Waals surface area contributed by atoms with Crippen LogP contribution in [0.4, 0.5) is 0 Å². The number of likely N-dealkylation sites (tertiary alicyclic amines) is 1. The molecule has 2 N–H and O–H groups in total. The summed E-state index contributed by atoms with van der Waals surface area (Å²) in [7, 11) is 1.72. The first kappa shape index (κ1) is 17.0. The smallest absolute Gasteiger partial charge is 0.119 e. The molecule has 1 aliphatic heterocycles. The molecule has 2 aromatic rings. The van der Waals surface area contributed by atoms with E-state index in [4.69, 9.17) is 10.5 Å². The van der Waals surface area contributed by atoms with Gasteiger partial charge >= 0.3 is 0 Å². The molecular weight excluding hydrogens is 296 g/mol. The second-order valence-electron chi connectivity index (χ2n) is 7.09. The zero-order chi connectivity index (χ0) is 17.1. The van der Waals surface area contributed by atoms with E-state index in [0.717, 1.165) is 31.8 Å². The van der Waals surface area contributed by atoms with Gasteiger partial charge in [0.05, 0.1) is 7.11 Å². The highest BCUT2D eigenvalue weighted by Crippen LogP contribution is 2.29. The highest BCUT2D eigenvalue weighted by atomic mass is 16.5. The number of rotatable bonds is 4. The van der Waals surface area contributed by atoms with Crippen LogP contribution in [0.1, 0.15) is 34.6 Å². The van der Waals surface area contributed by atoms with Gasteiger partial charge in [0.1, 0.15) is 5.75 Å². The summed E-state index contributed by atoms with van der Waals surface area (Å²) in [5, 5.41) is 0. The van der Waals surface area contributed by atoms with Crippen LogP contribution in [0.15, 0.2) is 42.5 Å². The quantitative estimate of drug-likeness (QED) is 0.933. The summed E-state index contributed by atoms with van der Waals surface area (Å²) < 4.78 is 5.38. The number of nitrogens with two attached hydrogens (primary N) is 1. The predicted octanol–water partition coefficient (Wildman–Crippen LogP) is 3.63. The topological polar surface area (TPSA) is 38.5 Å². The van der Waals surface area contributed by atoms with E-state index < -0.39 is 0 Å². The number of ether oxygens (including phenoxy) is 1. The minimum absolute atomic E-state index is 0.223. The summed E-state index contributed by atoms with van der Waals surface area (Å²) in [5.74, 6) is 1.39. The van der Waals surface area contributed by atoms with Crippen molar-refractivity contribution >= 4 is 0 Å². The summed E-state index contributed by atoms with van der Waals surface area (Å²) >= 11 is 0. The maximum absolute atomic E-state index is 6.37. The first-order chi connectivity index (χ1) is 11.5. The Morgan fingerprint density at radius 2 is 1.96 bits per heavy atom. The predicted molar refractivity (Wildman–Crippen MR) is 99.5 cm³/mol. The average molecular weight is 324 g/mol. The fourth-order valence-electron chi connectivity index (χ4n) is 3.76. The zero-order valence-corrected chi connectivity index (χ0v) is 15.0. The maximum Gasteiger partial charge on any atom is 0.119 e. The van der Waals surface area contributed by atoms with Crippen molar-refractivity contribution in [1.82, 2.24) is 4.90 Å². The van der Waals surface area contributed by atoms with Gasteiger partial charge in [-0.05, 0) is 55.0 Å². The number of aryl methyl sites for hydroxylation is 2. The van der Waals surface area contributed by atoms with E-state index in [1.807, 2.05) is 6.07 Å². The highest BCUT2D eigenvalue weighted by molar-refractivity contribution is 5.32. The molecule has 0 spiro atoms. The summed E-state index contributed by atoms with van der Waals surface area (Å²) in [5.41, 5.74) is 11.8. The third-order valence-corrected chi connectivity index (χ3v) is 5.02. The molecule has 2 aromatic carbocycles. The van der Waals surface area contributed by atoms with Gasteiger partial charge in [0.2, 0.25) is 0 Å². The fraction of sp³-hybridized carbons (Fsp3) is 0.429. The van der Waals surface area contributed by atoms with E-state index in [0.29, 0.717) is 5.92 Å². The second-order valence-corrected chi connectivity index (χ2v) is 7.09. The first-order valence-electron chi connectivity index (χ1n) is 8.73. The molecule has 0 amide bonds. The number of hydrogen-bond acceptors (Lipinski definition) is 3. The van der Waals surface area contributed by atoms with Crippen LogP contribution < -0.4 is 10.5 Å². The van der Waals surface area contributed by atoms with Crippen molar-refractivity contribution in [1.29, 1.82) is 0 Å². The van der Waals surface area contributed by atoms with Gasteiger partial charge in [-0.25, -0.2) is 0 Å². The van der Waals surface area contributed by atoms with E-state index >= 15 is 0 Å². The van der Waals surface area contributed by atoms with Crippen LogP contribution >= 0.6 is 0 Å². The van der Waals surface area contributed by atoms with Crippen LogP contribution in [0.25, 0.3) is 0 Å². The first-order valence-corrected chi connectivity index (χ1v) is 8.73. The summed E-state index contributed by atoms with van der Waals surface area (Å²) in [6, 6.07) is 15.4. The number of piperidine rings is 1. The Bertz CT molecular complexity index is 698. The summed E-state index contributed by atoms with van der Waals surface area (Å²) in [6.45, 7) is 7.33. The molecule has 1 heterocycles. The Hall–Kier alpha value is -1.84.